The average molecular weight is 315 g/mol. The average Bonchev–Trinajstić information content (AvgIpc) is 2.70. The summed E-state index contributed by atoms with van der Waals surface area (Å²) in [5.74, 6) is -0.766. The number of nitrogens with one attached hydrogen (secondary N) is 1. The second-order valence-corrected chi connectivity index (χ2v) is 5.67. The molecule has 0 saturated carbocycles. The van der Waals surface area contributed by atoms with E-state index in [1.165, 1.54) is 4.68 Å². The van der Waals surface area contributed by atoms with Crippen LogP contribution in [-0.4, -0.2) is 41.4 Å². The molecule has 1 aliphatic heterocycles. The minimum absolute atomic E-state index is 0.176. The molecule has 0 spiro atoms. The molecule has 116 valence electrons. The van der Waals surface area contributed by atoms with E-state index in [-0.39, 0.29) is 17.6 Å². The second kappa shape index (κ2) is 6.03. The number of aryl methyl sites for hydroxylation is 2. The topological polar surface area (TPSA) is 99.2 Å². The molecule has 0 radical (unpaired) electrons. The summed E-state index contributed by atoms with van der Waals surface area (Å²) in [7, 11) is 1.66. The Balaban J connectivity index is 2.10. The van der Waals surface area contributed by atoms with Crippen molar-refractivity contribution in [3.63, 3.8) is 0 Å². The highest BCUT2D eigenvalue weighted by atomic mass is 35.5. The number of hydrogen-bond donors (Lipinski definition) is 2. The predicted molar refractivity (Wildman–Crippen MR) is 77.0 cm³/mol. The molecule has 0 aromatic carbocycles. The molecule has 2 amide bonds. The van der Waals surface area contributed by atoms with Gasteiger partial charge in [0.05, 0.1) is 16.7 Å². The number of primary amides is 1. The number of ether oxygens (including phenoxy) is 1. The Kier molecular flexibility index (Phi) is 4.53. The minimum Gasteiger partial charge on any atom is -0.381 e. The highest BCUT2D eigenvalue weighted by molar-refractivity contribution is 6.33. The van der Waals surface area contributed by atoms with Gasteiger partial charge in [-0.1, -0.05) is 11.6 Å². The summed E-state index contributed by atoms with van der Waals surface area (Å²) in [6.07, 6.45) is 1.00. The first-order valence-corrected chi connectivity index (χ1v) is 7.10. The third kappa shape index (κ3) is 3.03. The summed E-state index contributed by atoms with van der Waals surface area (Å²) in [5, 5.41) is 7.11. The largest absolute Gasteiger partial charge is 0.381 e. The van der Waals surface area contributed by atoms with Crippen LogP contribution in [0.1, 0.15) is 28.9 Å². The first kappa shape index (κ1) is 15.8. The molecule has 1 aromatic rings. The number of carbonyl (C=O) groups is 2. The fraction of sp³-hybridized carbons (Fsp3) is 0.615. The smallest absolute Gasteiger partial charge is 0.256 e. The second-order valence-electron chi connectivity index (χ2n) is 5.31. The first-order chi connectivity index (χ1) is 9.87. The van der Waals surface area contributed by atoms with Gasteiger partial charge in [0.2, 0.25) is 5.91 Å². The van der Waals surface area contributed by atoms with Gasteiger partial charge in [0.25, 0.3) is 5.91 Å². The molecule has 1 aliphatic rings. The van der Waals surface area contributed by atoms with Crippen molar-refractivity contribution in [2.75, 3.05) is 19.8 Å². The van der Waals surface area contributed by atoms with Gasteiger partial charge >= 0.3 is 0 Å². The van der Waals surface area contributed by atoms with Crippen molar-refractivity contribution in [3.8, 4) is 0 Å². The molecular formula is C13H19ClN4O3. The van der Waals surface area contributed by atoms with Gasteiger partial charge in [-0.05, 0) is 19.8 Å². The lowest BCUT2D eigenvalue weighted by Gasteiger charge is -2.34. The van der Waals surface area contributed by atoms with E-state index in [1.54, 1.807) is 14.0 Å². The maximum Gasteiger partial charge on any atom is 0.256 e. The van der Waals surface area contributed by atoms with Crippen LogP contribution >= 0.6 is 11.6 Å². The molecule has 21 heavy (non-hydrogen) atoms. The van der Waals surface area contributed by atoms with Gasteiger partial charge in [0.15, 0.2) is 0 Å². The predicted octanol–water partition coefficient (Wildman–Crippen LogP) is 0.394. The van der Waals surface area contributed by atoms with Gasteiger partial charge in [0.1, 0.15) is 5.15 Å². The van der Waals surface area contributed by atoms with Crippen molar-refractivity contribution < 1.29 is 14.3 Å². The Morgan fingerprint density at radius 3 is 2.57 bits per heavy atom. The zero-order valence-corrected chi connectivity index (χ0v) is 12.9. The van der Waals surface area contributed by atoms with E-state index in [0.717, 1.165) is 0 Å². The van der Waals surface area contributed by atoms with Gasteiger partial charge < -0.3 is 15.8 Å². The Hall–Kier alpha value is -1.60. The normalized spacial score (nSPS) is 17.5. The number of halogens is 1. The summed E-state index contributed by atoms with van der Waals surface area (Å²) in [4.78, 5) is 24.0. The fourth-order valence-electron chi connectivity index (χ4n) is 2.50. The van der Waals surface area contributed by atoms with Gasteiger partial charge in [0, 0.05) is 26.8 Å². The Morgan fingerprint density at radius 1 is 1.48 bits per heavy atom. The Labute approximate surface area is 127 Å². The summed E-state index contributed by atoms with van der Waals surface area (Å²) < 4.78 is 6.69. The van der Waals surface area contributed by atoms with Crippen LogP contribution in [0.4, 0.5) is 0 Å². The van der Waals surface area contributed by atoms with Crippen molar-refractivity contribution in [1.82, 2.24) is 15.1 Å². The maximum atomic E-state index is 12.3. The number of carbonyl (C=O) groups excluding carboxylic acids is 2. The lowest BCUT2D eigenvalue weighted by Crippen LogP contribution is -2.49. The third-order valence-corrected chi connectivity index (χ3v) is 4.37. The van der Waals surface area contributed by atoms with E-state index in [1.807, 2.05) is 0 Å². The Morgan fingerprint density at radius 2 is 2.10 bits per heavy atom. The molecule has 0 unspecified atom stereocenters. The van der Waals surface area contributed by atoms with Gasteiger partial charge in [-0.15, -0.1) is 0 Å². The van der Waals surface area contributed by atoms with Crippen LogP contribution in [0.25, 0.3) is 0 Å². The lowest BCUT2D eigenvalue weighted by atomic mass is 9.79. The molecule has 0 bridgehead atoms. The van der Waals surface area contributed by atoms with Crippen LogP contribution < -0.4 is 11.1 Å². The molecular weight excluding hydrogens is 296 g/mol. The Bertz CT molecular complexity index is 564. The van der Waals surface area contributed by atoms with Crippen LogP contribution in [0, 0.1) is 12.3 Å². The van der Waals surface area contributed by atoms with E-state index in [2.05, 4.69) is 10.4 Å². The summed E-state index contributed by atoms with van der Waals surface area (Å²) in [6.45, 7) is 2.81. The van der Waals surface area contributed by atoms with Gasteiger partial charge in [-0.25, -0.2) is 0 Å². The lowest BCUT2D eigenvalue weighted by molar-refractivity contribution is -0.132. The summed E-state index contributed by atoms with van der Waals surface area (Å²) in [6, 6.07) is 0. The maximum absolute atomic E-state index is 12.3. The van der Waals surface area contributed by atoms with E-state index in [0.29, 0.717) is 37.3 Å². The molecule has 1 fully saturated rings. The third-order valence-electron chi connectivity index (χ3n) is 3.94. The number of aromatic nitrogens is 2. The first-order valence-electron chi connectivity index (χ1n) is 6.72. The van der Waals surface area contributed by atoms with Gasteiger partial charge in [-0.3, -0.25) is 14.3 Å². The van der Waals surface area contributed by atoms with E-state index in [9.17, 15) is 9.59 Å². The standard InChI is InChI=1S/C13H19ClN4O3/c1-8-9(10(14)18(2)17-8)11(19)16-7-13(12(15)20)3-5-21-6-4-13/h3-7H2,1-2H3,(H2,15,20)(H,16,19). The molecule has 1 aromatic heterocycles. The molecule has 1 saturated heterocycles. The van der Waals surface area contributed by atoms with E-state index in [4.69, 9.17) is 22.1 Å². The van der Waals surface area contributed by atoms with Crippen LogP contribution in [0.15, 0.2) is 0 Å². The van der Waals surface area contributed by atoms with Crippen molar-refractivity contribution in [2.24, 2.45) is 18.2 Å². The van der Waals surface area contributed by atoms with Crippen molar-refractivity contribution in [3.05, 3.63) is 16.4 Å². The molecule has 0 aliphatic carbocycles. The van der Waals surface area contributed by atoms with E-state index >= 15 is 0 Å². The highest BCUT2D eigenvalue weighted by Crippen LogP contribution is 2.29. The molecule has 7 nitrogen and oxygen atoms in total. The zero-order chi connectivity index (χ0) is 15.6. The number of amides is 2. The van der Waals surface area contributed by atoms with Crippen LogP contribution in [0.3, 0.4) is 0 Å². The monoisotopic (exact) mass is 314 g/mol. The molecule has 2 heterocycles. The molecule has 8 heteroatoms. The quantitative estimate of drug-likeness (QED) is 0.840. The van der Waals surface area contributed by atoms with Crippen molar-refractivity contribution >= 4 is 23.4 Å². The molecule has 3 N–H and O–H groups in total. The van der Waals surface area contributed by atoms with Crippen LogP contribution in [0.2, 0.25) is 5.15 Å². The molecule has 0 atom stereocenters. The zero-order valence-electron chi connectivity index (χ0n) is 12.1. The fourth-order valence-corrected chi connectivity index (χ4v) is 2.76. The van der Waals surface area contributed by atoms with E-state index < -0.39 is 11.3 Å². The number of rotatable bonds is 4. The van der Waals surface area contributed by atoms with Crippen LogP contribution in [-0.2, 0) is 16.6 Å². The minimum atomic E-state index is -0.753. The van der Waals surface area contributed by atoms with Crippen molar-refractivity contribution in [1.29, 1.82) is 0 Å². The SMILES string of the molecule is Cc1nn(C)c(Cl)c1C(=O)NCC1(C(N)=O)CCOCC1. The number of nitrogens with two attached hydrogens (primary N) is 1. The molecule has 2 rings (SSSR count). The summed E-state index contributed by atoms with van der Waals surface area (Å²) in [5.41, 5.74) is 5.62. The van der Waals surface area contributed by atoms with Gasteiger partial charge in [-0.2, -0.15) is 5.10 Å². The van der Waals surface area contributed by atoms with Crippen LogP contribution in [0.5, 0.6) is 0 Å². The summed E-state index contributed by atoms with van der Waals surface area (Å²) >= 11 is 6.06. The number of hydrogen-bond acceptors (Lipinski definition) is 4. The highest BCUT2D eigenvalue weighted by Gasteiger charge is 2.39. The van der Waals surface area contributed by atoms with Crippen molar-refractivity contribution in [2.45, 2.75) is 19.8 Å². The number of nitrogens with zero attached hydrogens (tertiary/aromatic N) is 2.